The van der Waals surface area contributed by atoms with Gasteiger partial charge in [-0.25, -0.2) is 0 Å². The Morgan fingerprint density at radius 1 is 1.30 bits per heavy atom. The Morgan fingerprint density at radius 3 is 2.95 bits per heavy atom. The number of likely N-dealkylation sites (tertiary alicyclic amines) is 1. The summed E-state index contributed by atoms with van der Waals surface area (Å²) in [6.07, 6.45) is 2.69. The van der Waals surface area contributed by atoms with E-state index in [9.17, 15) is 9.59 Å². The van der Waals surface area contributed by atoms with Crippen LogP contribution in [0.5, 0.6) is 0 Å². The first kappa shape index (κ1) is 11.5. The van der Waals surface area contributed by atoms with E-state index in [1.54, 1.807) is 4.90 Å². The van der Waals surface area contributed by atoms with Gasteiger partial charge in [-0.05, 0) is 23.9 Å². The summed E-state index contributed by atoms with van der Waals surface area (Å²) in [6, 6.07) is 9.89. The first-order valence-electron chi connectivity index (χ1n) is 6.86. The molecule has 2 saturated heterocycles. The van der Waals surface area contributed by atoms with E-state index in [0.717, 1.165) is 17.3 Å². The number of hydrogen-bond acceptors (Lipinski definition) is 2. The minimum absolute atomic E-state index is 0.00744. The zero-order chi connectivity index (χ0) is 13.7. The van der Waals surface area contributed by atoms with Gasteiger partial charge in [0.25, 0.3) is 0 Å². The highest BCUT2D eigenvalue weighted by atomic mass is 16.2. The van der Waals surface area contributed by atoms with Crippen molar-refractivity contribution in [3.8, 4) is 0 Å². The lowest BCUT2D eigenvalue weighted by Crippen LogP contribution is -2.50. The van der Waals surface area contributed by atoms with Gasteiger partial charge in [0.15, 0.2) is 0 Å². The van der Waals surface area contributed by atoms with Crippen LogP contribution in [-0.4, -0.2) is 39.9 Å². The average Bonchev–Trinajstić information content (AvgIpc) is 3.12. The highest BCUT2D eigenvalue weighted by molar-refractivity contribution is 5.92. The molecule has 2 aliphatic rings. The number of benzene rings is 1. The molecule has 0 spiro atoms. The van der Waals surface area contributed by atoms with Crippen molar-refractivity contribution in [2.24, 2.45) is 0 Å². The number of para-hydroxylation sites is 1. The van der Waals surface area contributed by atoms with Crippen molar-refractivity contribution >= 4 is 22.7 Å². The summed E-state index contributed by atoms with van der Waals surface area (Å²) in [5.74, 6) is 0.0145. The summed E-state index contributed by atoms with van der Waals surface area (Å²) < 4.78 is 1.95. The molecule has 1 N–H and O–H groups in total. The maximum atomic E-state index is 12.4. The van der Waals surface area contributed by atoms with Crippen LogP contribution in [0.1, 0.15) is 6.42 Å². The average molecular weight is 269 g/mol. The van der Waals surface area contributed by atoms with Gasteiger partial charge in [-0.2, -0.15) is 0 Å². The Hall–Kier alpha value is -2.30. The second-order valence-corrected chi connectivity index (χ2v) is 5.51. The fourth-order valence-electron chi connectivity index (χ4n) is 3.28. The molecule has 2 aliphatic heterocycles. The quantitative estimate of drug-likeness (QED) is 0.874. The first-order valence-corrected chi connectivity index (χ1v) is 6.86. The fourth-order valence-corrected chi connectivity index (χ4v) is 3.28. The second-order valence-electron chi connectivity index (χ2n) is 5.51. The van der Waals surface area contributed by atoms with Gasteiger partial charge >= 0.3 is 0 Å². The van der Waals surface area contributed by atoms with E-state index in [0.29, 0.717) is 13.1 Å². The van der Waals surface area contributed by atoms with E-state index in [1.165, 1.54) is 0 Å². The van der Waals surface area contributed by atoms with Crippen LogP contribution in [0.3, 0.4) is 0 Å². The van der Waals surface area contributed by atoms with Crippen LogP contribution in [0.15, 0.2) is 36.5 Å². The topological polar surface area (TPSA) is 54.3 Å². The standard InChI is InChI=1S/C15H15N3O2/c19-14(18-8-11-7-13(18)15(20)16-11)9-17-6-5-10-3-1-2-4-12(10)17/h1-6,11,13H,7-9H2,(H,16,20)/t11-,13-/m0/s1. The van der Waals surface area contributed by atoms with Crippen LogP contribution in [0, 0.1) is 0 Å². The zero-order valence-electron chi connectivity index (χ0n) is 11.0. The number of hydrogen-bond donors (Lipinski definition) is 1. The number of nitrogens with zero attached hydrogens (tertiary/aromatic N) is 2. The third-order valence-corrected chi connectivity index (χ3v) is 4.26. The second kappa shape index (κ2) is 4.10. The molecular weight excluding hydrogens is 254 g/mol. The predicted molar refractivity (Wildman–Crippen MR) is 74.0 cm³/mol. The smallest absolute Gasteiger partial charge is 0.243 e. The first-order chi connectivity index (χ1) is 9.72. The van der Waals surface area contributed by atoms with Gasteiger partial charge in [0.1, 0.15) is 12.6 Å². The molecule has 20 heavy (non-hydrogen) atoms. The van der Waals surface area contributed by atoms with Crippen LogP contribution in [-0.2, 0) is 16.1 Å². The molecule has 0 aliphatic carbocycles. The van der Waals surface area contributed by atoms with Crippen molar-refractivity contribution in [1.82, 2.24) is 14.8 Å². The summed E-state index contributed by atoms with van der Waals surface area (Å²) in [4.78, 5) is 25.8. The third-order valence-electron chi connectivity index (χ3n) is 4.26. The van der Waals surface area contributed by atoms with Crippen molar-refractivity contribution in [3.05, 3.63) is 36.5 Å². The number of amides is 2. The highest BCUT2D eigenvalue weighted by Gasteiger charge is 2.45. The van der Waals surface area contributed by atoms with Gasteiger partial charge in [-0.15, -0.1) is 0 Å². The van der Waals surface area contributed by atoms with Crippen LogP contribution >= 0.6 is 0 Å². The number of carbonyl (C=O) groups excluding carboxylic acids is 2. The summed E-state index contributed by atoms with van der Waals surface area (Å²) in [5, 5.41) is 4.01. The molecule has 4 rings (SSSR count). The molecule has 2 aromatic rings. The van der Waals surface area contributed by atoms with Crippen LogP contribution in [0.25, 0.3) is 10.9 Å². The summed E-state index contributed by atoms with van der Waals surface area (Å²) in [7, 11) is 0. The predicted octanol–water partition coefficient (Wildman–Crippen LogP) is 0.741. The number of rotatable bonds is 2. The lowest BCUT2D eigenvalue weighted by atomic mass is 10.2. The molecule has 5 heteroatoms. The van der Waals surface area contributed by atoms with E-state index in [4.69, 9.17) is 0 Å². The third kappa shape index (κ3) is 1.62. The Bertz CT molecular complexity index is 706. The number of carbonyl (C=O) groups is 2. The molecule has 2 atom stereocenters. The summed E-state index contributed by atoms with van der Waals surface area (Å²) in [6.45, 7) is 0.943. The van der Waals surface area contributed by atoms with E-state index in [1.807, 2.05) is 41.1 Å². The van der Waals surface area contributed by atoms with Gasteiger partial charge in [0.05, 0.1) is 0 Å². The van der Waals surface area contributed by atoms with Crippen molar-refractivity contribution in [1.29, 1.82) is 0 Å². The monoisotopic (exact) mass is 269 g/mol. The van der Waals surface area contributed by atoms with Gasteiger partial charge in [-0.1, -0.05) is 18.2 Å². The molecular formula is C15H15N3O2. The maximum absolute atomic E-state index is 12.4. The van der Waals surface area contributed by atoms with E-state index in [2.05, 4.69) is 5.32 Å². The Labute approximate surface area is 116 Å². The largest absolute Gasteiger partial charge is 0.350 e. The fraction of sp³-hybridized carbons (Fsp3) is 0.333. The molecule has 3 heterocycles. The molecule has 1 aromatic carbocycles. The maximum Gasteiger partial charge on any atom is 0.243 e. The van der Waals surface area contributed by atoms with Crippen molar-refractivity contribution in [3.63, 3.8) is 0 Å². The normalized spacial score (nSPS) is 24.4. The molecule has 2 amide bonds. The summed E-state index contributed by atoms with van der Waals surface area (Å²) >= 11 is 0. The minimum atomic E-state index is -0.255. The SMILES string of the molecule is O=C1N[C@H]2C[C@@H]1N(C(=O)Cn1ccc3ccccc31)C2. The highest BCUT2D eigenvalue weighted by Crippen LogP contribution is 2.25. The van der Waals surface area contributed by atoms with Gasteiger partial charge in [-0.3, -0.25) is 9.59 Å². The number of aromatic nitrogens is 1. The molecule has 1 aromatic heterocycles. The number of nitrogens with one attached hydrogen (secondary N) is 1. The van der Waals surface area contributed by atoms with Crippen LogP contribution in [0.4, 0.5) is 0 Å². The molecule has 2 fully saturated rings. The molecule has 0 saturated carbocycles. The minimum Gasteiger partial charge on any atom is -0.350 e. The summed E-state index contributed by atoms with van der Waals surface area (Å²) in [5.41, 5.74) is 1.05. The Morgan fingerprint density at radius 2 is 2.15 bits per heavy atom. The van der Waals surface area contributed by atoms with E-state index >= 15 is 0 Å². The lowest BCUT2D eigenvalue weighted by Gasteiger charge is -2.26. The molecule has 2 bridgehead atoms. The van der Waals surface area contributed by atoms with Crippen LogP contribution < -0.4 is 5.32 Å². The lowest BCUT2D eigenvalue weighted by molar-refractivity contribution is -0.139. The molecule has 0 radical (unpaired) electrons. The van der Waals surface area contributed by atoms with Crippen molar-refractivity contribution in [2.75, 3.05) is 6.54 Å². The van der Waals surface area contributed by atoms with Crippen molar-refractivity contribution < 1.29 is 9.59 Å². The number of piperazine rings is 1. The van der Waals surface area contributed by atoms with E-state index < -0.39 is 0 Å². The number of fused-ring (bicyclic) bond motifs is 3. The van der Waals surface area contributed by atoms with Gasteiger partial charge < -0.3 is 14.8 Å². The molecule has 5 nitrogen and oxygen atoms in total. The Kier molecular flexibility index (Phi) is 2.36. The molecule has 0 unspecified atom stereocenters. The van der Waals surface area contributed by atoms with Crippen molar-refractivity contribution in [2.45, 2.75) is 25.0 Å². The Balaban J connectivity index is 1.57. The van der Waals surface area contributed by atoms with E-state index in [-0.39, 0.29) is 23.9 Å². The van der Waals surface area contributed by atoms with Gasteiger partial charge in [0.2, 0.25) is 11.8 Å². The molecule has 102 valence electrons. The van der Waals surface area contributed by atoms with Gasteiger partial charge in [0, 0.05) is 24.3 Å². The van der Waals surface area contributed by atoms with Crippen LogP contribution in [0.2, 0.25) is 0 Å². The zero-order valence-corrected chi connectivity index (χ0v) is 11.0.